The predicted octanol–water partition coefficient (Wildman–Crippen LogP) is 5.96. The second-order valence-electron chi connectivity index (χ2n) is 6.33. The molecular weight excluding hydrogens is 278 g/mol. The minimum Gasteiger partial charge on any atom is -0.253 e. The second-order valence-corrected chi connectivity index (χ2v) is 6.33. The van der Waals surface area contributed by atoms with Gasteiger partial charge >= 0.3 is 0 Å². The summed E-state index contributed by atoms with van der Waals surface area (Å²) in [7, 11) is 0. The number of aryl methyl sites for hydroxylation is 3. The average molecular weight is 301 g/mol. The van der Waals surface area contributed by atoms with Crippen molar-refractivity contribution in [2.75, 3.05) is 0 Å². The maximum absolute atomic E-state index is 4.97. The number of aliphatic imine (C=N–C) groups is 1. The Morgan fingerprint density at radius 3 is 2.17 bits per heavy atom. The van der Waals surface area contributed by atoms with Gasteiger partial charge in [-0.25, -0.2) is 0 Å². The Morgan fingerprint density at radius 2 is 1.52 bits per heavy atom. The van der Waals surface area contributed by atoms with Crippen LogP contribution in [0.15, 0.2) is 65.7 Å². The van der Waals surface area contributed by atoms with Crippen molar-refractivity contribution in [2.45, 2.75) is 33.6 Å². The van der Waals surface area contributed by atoms with Crippen LogP contribution in [-0.2, 0) is 0 Å². The van der Waals surface area contributed by atoms with E-state index in [-0.39, 0.29) is 0 Å². The highest BCUT2D eigenvalue weighted by Gasteiger charge is 2.13. The van der Waals surface area contributed by atoms with Gasteiger partial charge < -0.3 is 0 Å². The lowest BCUT2D eigenvalue weighted by molar-refractivity contribution is 1.10. The first kappa shape index (κ1) is 15.5. The molecule has 0 atom stereocenters. The summed E-state index contributed by atoms with van der Waals surface area (Å²) in [4.78, 5) is 4.97. The molecule has 0 heterocycles. The standard InChI is InChI=1S/C22H23N/c1-15-13-16(2)22(17(3)14-15)23-18(4)20-11-7-8-12-21(20)19-9-5-6-10-19/h5-14,19H,1-4H3. The van der Waals surface area contributed by atoms with Gasteiger partial charge in [0.05, 0.1) is 5.69 Å². The number of hydrogen-bond donors (Lipinski definition) is 0. The van der Waals surface area contributed by atoms with Gasteiger partial charge in [0.2, 0.25) is 0 Å². The quantitative estimate of drug-likeness (QED) is 0.620. The summed E-state index contributed by atoms with van der Waals surface area (Å²) in [5, 5.41) is 0. The van der Waals surface area contributed by atoms with E-state index >= 15 is 0 Å². The Hall–Kier alpha value is -2.41. The minimum atomic E-state index is 0.358. The third-order valence-electron chi connectivity index (χ3n) is 4.37. The van der Waals surface area contributed by atoms with Gasteiger partial charge in [-0.2, -0.15) is 0 Å². The fourth-order valence-corrected chi connectivity index (χ4v) is 3.33. The lowest BCUT2D eigenvalue weighted by Gasteiger charge is -2.14. The molecule has 1 nitrogen and oxygen atoms in total. The minimum absolute atomic E-state index is 0.358. The van der Waals surface area contributed by atoms with Crippen LogP contribution in [0.4, 0.5) is 5.69 Å². The van der Waals surface area contributed by atoms with Gasteiger partial charge in [0.25, 0.3) is 0 Å². The van der Waals surface area contributed by atoms with Gasteiger partial charge in [0, 0.05) is 11.6 Å². The molecule has 3 rings (SSSR count). The van der Waals surface area contributed by atoms with Crippen LogP contribution in [0.3, 0.4) is 0 Å². The molecule has 1 aliphatic rings. The Kier molecular flexibility index (Phi) is 4.29. The number of allylic oxidation sites excluding steroid dienone is 4. The lowest BCUT2D eigenvalue weighted by Crippen LogP contribution is -2.03. The number of rotatable bonds is 3. The van der Waals surface area contributed by atoms with Crippen molar-refractivity contribution in [1.82, 2.24) is 0 Å². The smallest absolute Gasteiger partial charge is 0.0691 e. The van der Waals surface area contributed by atoms with E-state index in [1.807, 2.05) is 0 Å². The maximum atomic E-state index is 4.97. The van der Waals surface area contributed by atoms with Crippen molar-refractivity contribution in [3.63, 3.8) is 0 Å². The topological polar surface area (TPSA) is 12.4 Å². The molecule has 116 valence electrons. The van der Waals surface area contributed by atoms with Crippen molar-refractivity contribution in [3.8, 4) is 0 Å². The number of benzene rings is 2. The van der Waals surface area contributed by atoms with Gasteiger partial charge in [-0.15, -0.1) is 0 Å². The largest absolute Gasteiger partial charge is 0.253 e. The molecule has 0 bridgehead atoms. The Morgan fingerprint density at radius 1 is 0.913 bits per heavy atom. The third-order valence-corrected chi connectivity index (χ3v) is 4.37. The molecule has 2 aromatic carbocycles. The zero-order valence-electron chi connectivity index (χ0n) is 14.3. The maximum Gasteiger partial charge on any atom is 0.0691 e. The second kappa shape index (κ2) is 6.37. The Labute approximate surface area is 139 Å². The molecule has 0 saturated heterocycles. The van der Waals surface area contributed by atoms with E-state index < -0.39 is 0 Å². The van der Waals surface area contributed by atoms with E-state index in [9.17, 15) is 0 Å². The predicted molar refractivity (Wildman–Crippen MR) is 100.0 cm³/mol. The highest BCUT2D eigenvalue weighted by molar-refractivity contribution is 6.02. The monoisotopic (exact) mass is 301 g/mol. The van der Waals surface area contributed by atoms with Gasteiger partial charge in [-0.1, -0.05) is 66.3 Å². The molecule has 0 unspecified atom stereocenters. The molecule has 2 aromatic rings. The van der Waals surface area contributed by atoms with Gasteiger partial charge in [-0.3, -0.25) is 4.99 Å². The first-order valence-electron chi connectivity index (χ1n) is 8.13. The molecule has 0 saturated carbocycles. The Bertz CT molecular complexity index is 787. The van der Waals surface area contributed by atoms with Crippen LogP contribution in [0, 0.1) is 20.8 Å². The van der Waals surface area contributed by atoms with Crippen LogP contribution in [-0.4, -0.2) is 5.71 Å². The average Bonchev–Trinajstić information content (AvgIpc) is 3.05. The number of nitrogens with zero attached hydrogens (tertiary/aromatic N) is 1. The summed E-state index contributed by atoms with van der Waals surface area (Å²) in [6.45, 7) is 8.52. The SMILES string of the molecule is CC(=Nc1c(C)cc(C)cc1C)c1ccccc1C1C=CC=C1. The molecule has 0 aromatic heterocycles. The van der Waals surface area contributed by atoms with E-state index in [2.05, 4.69) is 88.4 Å². The molecule has 0 radical (unpaired) electrons. The van der Waals surface area contributed by atoms with Crippen LogP contribution in [0.1, 0.15) is 40.7 Å². The van der Waals surface area contributed by atoms with E-state index in [0.717, 1.165) is 11.4 Å². The fourth-order valence-electron chi connectivity index (χ4n) is 3.33. The van der Waals surface area contributed by atoms with Crippen LogP contribution in [0.5, 0.6) is 0 Å². The zero-order valence-corrected chi connectivity index (χ0v) is 14.3. The lowest BCUT2D eigenvalue weighted by atomic mass is 9.93. The molecule has 0 fully saturated rings. The van der Waals surface area contributed by atoms with Gasteiger partial charge in [0.1, 0.15) is 0 Å². The molecule has 1 heteroatoms. The van der Waals surface area contributed by atoms with Crippen LogP contribution >= 0.6 is 0 Å². The molecule has 23 heavy (non-hydrogen) atoms. The van der Waals surface area contributed by atoms with Gasteiger partial charge in [-0.05, 0) is 49.9 Å². The summed E-state index contributed by atoms with van der Waals surface area (Å²) in [6, 6.07) is 13.0. The van der Waals surface area contributed by atoms with Crippen molar-refractivity contribution in [1.29, 1.82) is 0 Å². The van der Waals surface area contributed by atoms with Crippen molar-refractivity contribution >= 4 is 11.4 Å². The molecule has 0 spiro atoms. The Balaban J connectivity index is 2.06. The third kappa shape index (κ3) is 3.19. The molecule has 0 N–H and O–H groups in total. The summed E-state index contributed by atoms with van der Waals surface area (Å²) in [6.07, 6.45) is 8.69. The first-order chi connectivity index (χ1) is 11.1. The number of hydrogen-bond acceptors (Lipinski definition) is 1. The normalized spacial score (nSPS) is 14.7. The van der Waals surface area contributed by atoms with Crippen LogP contribution in [0.25, 0.3) is 0 Å². The fraction of sp³-hybridized carbons (Fsp3) is 0.227. The van der Waals surface area contributed by atoms with E-state index in [0.29, 0.717) is 5.92 Å². The first-order valence-corrected chi connectivity index (χ1v) is 8.13. The molecule has 1 aliphatic carbocycles. The highest BCUT2D eigenvalue weighted by Crippen LogP contribution is 2.29. The summed E-state index contributed by atoms with van der Waals surface area (Å²) in [5.74, 6) is 0.358. The molecule has 0 aliphatic heterocycles. The van der Waals surface area contributed by atoms with Crippen molar-refractivity contribution in [3.05, 3.63) is 88.5 Å². The van der Waals surface area contributed by atoms with Crippen molar-refractivity contribution in [2.24, 2.45) is 4.99 Å². The van der Waals surface area contributed by atoms with Gasteiger partial charge in [0.15, 0.2) is 0 Å². The zero-order chi connectivity index (χ0) is 16.4. The summed E-state index contributed by atoms with van der Waals surface area (Å²) >= 11 is 0. The van der Waals surface area contributed by atoms with E-state index in [1.54, 1.807) is 0 Å². The molecular formula is C22H23N. The summed E-state index contributed by atoms with van der Waals surface area (Å²) in [5.41, 5.74) is 8.48. The van der Waals surface area contributed by atoms with Crippen molar-refractivity contribution < 1.29 is 0 Å². The highest BCUT2D eigenvalue weighted by atomic mass is 14.8. The van der Waals surface area contributed by atoms with E-state index in [4.69, 9.17) is 4.99 Å². The van der Waals surface area contributed by atoms with E-state index in [1.165, 1.54) is 27.8 Å². The van der Waals surface area contributed by atoms with Crippen LogP contribution in [0.2, 0.25) is 0 Å². The molecule has 0 amide bonds. The van der Waals surface area contributed by atoms with Crippen LogP contribution < -0.4 is 0 Å². The summed E-state index contributed by atoms with van der Waals surface area (Å²) < 4.78 is 0.